The van der Waals surface area contributed by atoms with E-state index in [0.717, 1.165) is 12.0 Å². The highest BCUT2D eigenvalue weighted by atomic mass is 35.5. The Hall–Kier alpha value is -1.17. The molecule has 0 aliphatic rings. The molecule has 0 heterocycles. The van der Waals surface area contributed by atoms with Gasteiger partial charge in [0.2, 0.25) is 0 Å². The molecule has 1 amide bonds. The lowest BCUT2D eigenvalue weighted by Gasteiger charge is -2.26. The predicted molar refractivity (Wildman–Crippen MR) is 75.7 cm³/mol. The molecule has 0 bridgehead atoms. The minimum absolute atomic E-state index is 0.0745. The Bertz CT molecular complexity index is 482. The van der Waals surface area contributed by atoms with E-state index in [1.165, 1.54) is 0 Å². The monoisotopic (exact) mass is 283 g/mol. The summed E-state index contributed by atoms with van der Waals surface area (Å²) >= 11 is 12.0. The fraction of sp³-hybridized carbons (Fsp3) is 0.357. The van der Waals surface area contributed by atoms with Crippen molar-refractivity contribution >= 4 is 29.1 Å². The summed E-state index contributed by atoms with van der Waals surface area (Å²) in [6.45, 7) is 3.64. The highest BCUT2D eigenvalue weighted by Gasteiger charge is 2.19. The van der Waals surface area contributed by atoms with Crippen LogP contribution in [0.2, 0.25) is 10.0 Å². The Morgan fingerprint density at radius 3 is 2.33 bits per heavy atom. The molecule has 96 valence electrons. The van der Waals surface area contributed by atoms with Crippen molar-refractivity contribution in [2.75, 3.05) is 7.05 Å². The van der Waals surface area contributed by atoms with E-state index in [4.69, 9.17) is 23.2 Å². The zero-order valence-corrected chi connectivity index (χ0v) is 12.1. The Morgan fingerprint density at radius 2 is 1.89 bits per heavy atom. The molecule has 4 heteroatoms. The molecule has 0 N–H and O–H groups in total. The van der Waals surface area contributed by atoms with Crippen molar-refractivity contribution in [3.05, 3.63) is 33.8 Å². The van der Waals surface area contributed by atoms with Crippen LogP contribution >= 0.6 is 23.2 Å². The molecule has 1 unspecified atom stereocenters. The number of carbonyl (C=O) groups excluding carboxylic acids is 1. The molecule has 0 saturated carbocycles. The lowest BCUT2D eigenvalue weighted by atomic mass is 10.0. The predicted octanol–water partition coefficient (Wildman–Crippen LogP) is 3.93. The van der Waals surface area contributed by atoms with E-state index in [2.05, 4.69) is 11.8 Å². The fourth-order valence-corrected chi connectivity index (χ4v) is 2.38. The van der Waals surface area contributed by atoms with Gasteiger partial charge < -0.3 is 4.90 Å². The first-order valence-corrected chi connectivity index (χ1v) is 6.40. The lowest BCUT2D eigenvalue weighted by molar-refractivity contribution is -0.126. The van der Waals surface area contributed by atoms with Gasteiger partial charge in [0.1, 0.15) is 0 Å². The number of nitrogens with zero attached hydrogens (tertiary/aromatic N) is 1. The molecule has 2 nitrogen and oxygen atoms in total. The van der Waals surface area contributed by atoms with Crippen molar-refractivity contribution in [3.8, 4) is 11.8 Å². The maximum Gasteiger partial charge on any atom is 0.298 e. The average molecular weight is 284 g/mol. The third-order valence-corrected chi connectivity index (χ3v) is 3.11. The fourth-order valence-electron chi connectivity index (χ4n) is 1.84. The molecule has 1 atom stereocenters. The standard InChI is InChI=1S/C14H15Cl2NO/c1-4-6-14(18)17(3)13(5-2)10-7-11(15)9-12(16)8-10/h7-9,13H,5H2,1-3H3. The van der Waals surface area contributed by atoms with Gasteiger partial charge in [-0.25, -0.2) is 0 Å². The smallest absolute Gasteiger partial charge is 0.298 e. The summed E-state index contributed by atoms with van der Waals surface area (Å²) in [6.07, 6.45) is 0.768. The van der Waals surface area contributed by atoms with Crippen LogP contribution in [0.1, 0.15) is 31.9 Å². The van der Waals surface area contributed by atoms with Gasteiger partial charge >= 0.3 is 0 Å². The molecule has 1 aromatic carbocycles. The average Bonchev–Trinajstić information content (AvgIpc) is 2.28. The van der Waals surface area contributed by atoms with Gasteiger partial charge in [-0.2, -0.15) is 0 Å². The van der Waals surface area contributed by atoms with E-state index in [1.807, 2.05) is 19.1 Å². The minimum atomic E-state index is -0.208. The second-order valence-electron chi connectivity index (χ2n) is 3.92. The summed E-state index contributed by atoms with van der Waals surface area (Å²) in [6, 6.07) is 5.25. The van der Waals surface area contributed by atoms with Gasteiger partial charge in [-0.05, 0) is 43.0 Å². The second kappa shape index (κ2) is 6.68. The van der Waals surface area contributed by atoms with Gasteiger partial charge in [0.25, 0.3) is 5.91 Å². The van der Waals surface area contributed by atoms with Gasteiger partial charge in [-0.1, -0.05) is 36.0 Å². The first-order chi connectivity index (χ1) is 8.49. The van der Waals surface area contributed by atoms with E-state index in [-0.39, 0.29) is 11.9 Å². The maximum absolute atomic E-state index is 11.8. The number of rotatable bonds is 3. The van der Waals surface area contributed by atoms with Gasteiger partial charge in [-0.3, -0.25) is 4.79 Å². The van der Waals surface area contributed by atoms with Crippen LogP contribution in [0.4, 0.5) is 0 Å². The van der Waals surface area contributed by atoms with Gasteiger partial charge in [0.05, 0.1) is 6.04 Å². The topological polar surface area (TPSA) is 20.3 Å². The number of carbonyl (C=O) groups is 1. The third-order valence-electron chi connectivity index (χ3n) is 2.68. The zero-order valence-electron chi connectivity index (χ0n) is 10.6. The molecule has 1 aromatic rings. The summed E-state index contributed by atoms with van der Waals surface area (Å²) in [5.41, 5.74) is 0.920. The van der Waals surface area contributed by atoms with Crippen LogP contribution < -0.4 is 0 Å². The molecular weight excluding hydrogens is 269 g/mol. The Labute approximate surface area is 118 Å². The first kappa shape index (κ1) is 14.9. The summed E-state index contributed by atoms with van der Waals surface area (Å²) < 4.78 is 0. The molecule has 0 spiro atoms. The number of hydrogen-bond donors (Lipinski definition) is 0. The minimum Gasteiger partial charge on any atom is -0.328 e. The van der Waals surface area contributed by atoms with Crippen LogP contribution in [0.5, 0.6) is 0 Å². The SMILES string of the molecule is CC#CC(=O)N(C)C(CC)c1cc(Cl)cc(Cl)c1. The summed E-state index contributed by atoms with van der Waals surface area (Å²) in [4.78, 5) is 13.4. The van der Waals surface area contributed by atoms with E-state index in [9.17, 15) is 4.79 Å². The molecule has 0 aliphatic carbocycles. The Balaban J connectivity index is 3.07. The van der Waals surface area contributed by atoms with E-state index >= 15 is 0 Å². The van der Waals surface area contributed by atoms with Crippen molar-refractivity contribution in [3.63, 3.8) is 0 Å². The molecule has 0 aromatic heterocycles. The Morgan fingerprint density at radius 1 is 1.33 bits per heavy atom. The molecule has 18 heavy (non-hydrogen) atoms. The first-order valence-electron chi connectivity index (χ1n) is 5.65. The molecular formula is C14H15Cl2NO. The number of benzene rings is 1. The number of hydrogen-bond acceptors (Lipinski definition) is 1. The van der Waals surface area contributed by atoms with Crippen LogP contribution in [0.25, 0.3) is 0 Å². The lowest BCUT2D eigenvalue weighted by Crippen LogP contribution is -2.29. The van der Waals surface area contributed by atoms with Crippen molar-refractivity contribution in [1.29, 1.82) is 0 Å². The molecule has 0 saturated heterocycles. The molecule has 0 fully saturated rings. The van der Waals surface area contributed by atoms with Crippen molar-refractivity contribution < 1.29 is 4.79 Å². The number of amides is 1. The third kappa shape index (κ3) is 3.66. The highest BCUT2D eigenvalue weighted by molar-refractivity contribution is 6.34. The summed E-state index contributed by atoms with van der Waals surface area (Å²) in [5.74, 6) is 4.93. The molecule has 1 rings (SSSR count). The quantitative estimate of drug-likeness (QED) is 0.770. The van der Waals surface area contributed by atoms with E-state index < -0.39 is 0 Å². The van der Waals surface area contributed by atoms with Gasteiger partial charge in [0, 0.05) is 17.1 Å². The second-order valence-corrected chi connectivity index (χ2v) is 4.79. The highest BCUT2D eigenvalue weighted by Crippen LogP contribution is 2.28. The van der Waals surface area contributed by atoms with Gasteiger partial charge in [0.15, 0.2) is 0 Å². The zero-order chi connectivity index (χ0) is 13.7. The van der Waals surface area contributed by atoms with Crippen LogP contribution in [-0.2, 0) is 4.79 Å². The van der Waals surface area contributed by atoms with E-state index in [0.29, 0.717) is 10.0 Å². The summed E-state index contributed by atoms with van der Waals surface area (Å²) in [5, 5.41) is 1.14. The maximum atomic E-state index is 11.8. The summed E-state index contributed by atoms with van der Waals surface area (Å²) in [7, 11) is 1.73. The van der Waals surface area contributed by atoms with Crippen LogP contribution in [0, 0.1) is 11.8 Å². The molecule has 0 aliphatic heterocycles. The van der Waals surface area contributed by atoms with Crippen molar-refractivity contribution in [2.24, 2.45) is 0 Å². The molecule has 0 radical (unpaired) electrons. The van der Waals surface area contributed by atoms with Gasteiger partial charge in [-0.15, -0.1) is 0 Å². The Kier molecular flexibility index (Phi) is 5.53. The van der Waals surface area contributed by atoms with Crippen molar-refractivity contribution in [1.82, 2.24) is 4.90 Å². The van der Waals surface area contributed by atoms with Crippen molar-refractivity contribution in [2.45, 2.75) is 26.3 Å². The van der Waals surface area contributed by atoms with Crippen LogP contribution in [0.15, 0.2) is 18.2 Å². The van der Waals surface area contributed by atoms with E-state index in [1.54, 1.807) is 24.9 Å². The van der Waals surface area contributed by atoms with Crippen LogP contribution in [-0.4, -0.2) is 17.9 Å². The largest absolute Gasteiger partial charge is 0.328 e. The normalized spacial score (nSPS) is 11.4. The number of halogens is 2. The van der Waals surface area contributed by atoms with Crippen LogP contribution in [0.3, 0.4) is 0 Å².